The molecular formula is C12H13N3O2. The Morgan fingerprint density at radius 2 is 2.00 bits per heavy atom. The highest BCUT2D eigenvalue weighted by Crippen LogP contribution is 2.16. The van der Waals surface area contributed by atoms with Gasteiger partial charge >= 0.3 is 0 Å². The summed E-state index contributed by atoms with van der Waals surface area (Å²) in [7, 11) is 1.54. The van der Waals surface area contributed by atoms with Crippen molar-refractivity contribution in [2.45, 2.75) is 6.92 Å². The minimum atomic E-state index is -0.805. The lowest BCUT2D eigenvalue weighted by molar-refractivity contribution is -0.134. The van der Waals surface area contributed by atoms with E-state index >= 15 is 0 Å². The molecule has 0 saturated carbocycles. The summed E-state index contributed by atoms with van der Waals surface area (Å²) in [5, 5.41) is 7.85. The van der Waals surface area contributed by atoms with Crippen molar-refractivity contribution >= 4 is 23.2 Å². The lowest BCUT2D eigenvalue weighted by Crippen LogP contribution is -2.34. The van der Waals surface area contributed by atoms with Crippen molar-refractivity contribution in [1.82, 2.24) is 5.01 Å². The van der Waals surface area contributed by atoms with E-state index in [1.165, 1.54) is 5.01 Å². The van der Waals surface area contributed by atoms with Gasteiger partial charge in [-0.25, -0.2) is 5.01 Å². The second-order valence-electron chi connectivity index (χ2n) is 3.89. The Kier molecular flexibility index (Phi) is 2.91. The van der Waals surface area contributed by atoms with Crippen molar-refractivity contribution in [1.29, 1.82) is 0 Å². The molecule has 17 heavy (non-hydrogen) atoms. The summed E-state index contributed by atoms with van der Waals surface area (Å²) in [6.45, 7) is 1.68. The van der Waals surface area contributed by atoms with E-state index in [-0.39, 0.29) is 11.8 Å². The van der Waals surface area contributed by atoms with E-state index in [9.17, 15) is 9.59 Å². The van der Waals surface area contributed by atoms with Gasteiger partial charge in [0, 0.05) is 12.7 Å². The molecule has 88 valence electrons. The smallest absolute Gasteiger partial charge is 0.260 e. The first-order valence-corrected chi connectivity index (χ1v) is 5.28. The summed E-state index contributed by atoms with van der Waals surface area (Å²) >= 11 is 0. The van der Waals surface area contributed by atoms with E-state index in [2.05, 4.69) is 10.4 Å². The fourth-order valence-corrected chi connectivity index (χ4v) is 1.75. The Morgan fingerprint density at radius 1 is 1.35 bits per heavy atom. The minimum Gasteiger partial charge on any atom is -0.325 e. The number of hydrogen-bond acceptors (Lipinski definition) is 3. The van der Waals surface area contributed by atoms with Crippen molar-refractivity contribution in [3.63, 3.8) is 0 Å². The highest BCUT2D eigenvalue weighted by atomic mass is 16.2. The number of hydrazone groups is 1. The molecule has 0 bridgehead atoms. The summed E-state index contributed by atoms with van der Waals surface area (Å²) in [6.07, 6.45) is 0. The molecule has 0 fully saturated rings. The van der Waals surface area contributed by atoms with Crippen molar-refractivity contribution < 1.29 is 9.59 Å². The van der Waals surface area contributed by atoms with Crippen LogP contribution in [0.3, 0.4) is 0 Å². The molecule has 1 atom stereocenters. The van der Waals surface area contributed by atoms with Crippen LogP contribution in [0.1, 0.15) is 6.92 Å². The highest BCUT2D eigenvalue weighted by Gasteiger charge is 2.37. The number of anilines is 1. The van der Waals surface area contributed by atoms with E-state index in [0.717, 1.165) is 0 Å². The van der Waals surface area contributed by atoms with E-state index in [0.29, 0.717) is 11.4 Å². The van der Waals surface area contributed by atoms with Crippen molar-refractivity contribution in [2.75, 3.05) is 12.4 Å². The van der Waals surface area contributed by atoms with Gasteiger partial charge in [0.15, 0.2) is 5.92 Å². The maximum atomic E-state index is 11.9. The first-order valence-electron chi connectivity index (χ1n) is 5.28. The van der Waals surface area contributed by atoms with Crippen LogP contribution in [0, 0.1) is 5.92 Å². The molecule has 1 N–H and O–H groups in total. The summed E-state index contributed by atoms with van der Waals surface area (Å²) in [4.78, 5) is 23.6. The minimum absolute atomic E-state index is 0.295. The first-order chi connectivity index (χ1) is 8.09. The number of amides is 2. The van der Waals surface area contributed by atoms with Crippen molar-refractivity contribution in [3.05, 3.63) is 30.3 Å². The third-order valence-electron chi connectivity index (χ3n) is 2.59. The Balaban J connectivity index is 2.12. The van der Waals surface area contributed by atoms with Gasteiger partial charge < -0.3 is 5.32 Å². The molecule has 0 aliphatic carbocycles. The molecule has 5 heteroatoms. The molecular weight excluding hydrogens is 218 g/mol. The molecule has 1 aliphatic heterocycles. The van der Waals surface area contributed by atoms with Crippen LogP contribution in [0.5, 0.6) is 0 Å². The quantitative estimate of drug-likeness (QED) is 0.774. The Bertz CT molecular complexity index is 482. The topological polar surface area (TPSA) is 61.8 Å². The number of rotatable bonds is 2. The zero-order valence-electron chi connectivity index (χ0n) is 9.68. The van der Waals surface area contributed by atoms with Crippen LogP contribution in [0.15, 0.2) is 35.4 Å². The number of nitrogens with zero attached hydrogens (tertiary/aromatic N) is 2. The lowest BCUT2D eigenvalue weighted by Gasteiger charge is -2.10. The normalized spacial score (nSPS) is 19.2. The number of hydrogen-bond donors (Lipinski definition) is 1. The largest absolute Gasteiger partial charge is 0.325 e. The van der Waals surface area contributed by atoms with Gasteiger partial charge in [-0.05, 0) is 19.1 Å². The monoisotopic (exact) mass is 231 g/mol. The Hall–Kier alpha value is -2.17. The molecule has 0 unspecified atom stereocenters. The predicted molar refractivity (Wildman–Crippen MR) is 64.4 cm³/mol. The molecule has 5 nitrogen and oxygen atoms in total. The second-order valence-corrected chi connectivity index (χ2v) is 3.89. The second kappa shape index (κ2) is 4.37. The van der Waals surface area contributed by atoms with Crippen molar-refractivity contribution in [2.24, 2.45) is 11.0 Å². The lowest BCUT2D eigenvalue weighted by atomic mass is 10.0. The van der Waals surface area contributed by atoms with Crippen LogP contribution in [0.25, 0.3) is 0 Å². The molecule has 1 aromatic rings. The molecule has 1 aromatic carbocycles. The maximum absolute atomic E-state index is 11.9. The highest BCUT2D eigenvalue weighted by molar-refractivity contribution is 6.24. The third-order valence-corrected chi connectivity index (χ3v) is 2.59. The molecule has 2 rings (SSSR count). The van der Waals surface area contributed by atoms with E-state index in [4.69, 9.17) is 0 Å². The van der Waals surface area contributed by atoms with E-state index in [1.54, 1.807) is 26.1 Å². The van der Waals surface area contributed by atoms with Gasteiger partial charge in [-0.15, -0.1) is 0 Å². The number of carbonyl (C=O) groups is 2. The zero-order valence-corrected chi connectivity index (χ0v) is 9.68. The summed E-state index contributed by atoms with van der Waals surface area (Å²) in [5.41, 5.74) is 1.19. The number of para-hydroxylation sites is 1. The average Bonchev–Trinajstić information content (AvgIpc) is 2.54. The fourth-order valence-electron chi connectivity index (χ4n) is 1.75. The molecule has 1 heterocycles. The van der Waals surface area contributed by atoms with Crippen LogP contribution < -0.4 is 5.32 Å². The summed E-state index contributed by atoms with van der Waals surface area (Å²) in [5.74, 6) is -1.44. The van der Waals surface area contributed by atoms with Gasteiger partial charge in [0.05, 0.1) is 5.71 Å². The molecule has 2 amide bonds. The fraction of sp³-hybridized carbons (Fsp3) is 0.250. The van der Waals surface area contributed by atoms with Gasteiger partial charge in [0.2, 0.25) is 5.91 Å². The Labute approximate surface area is 99.1 Å². The van der Waals surface area contributed by atoms with Crippen LogP contribution in [0.4, 0.5) is 5.69 Å². The van der Waals surface area contributed by atoms with Gasteiger partial charge in [0.1, 0.15) is 0 Å². The third kappa shape index (κ3) is 2.18. The molecule has 1 aliphatic rings. The number of nitrogens with one attached hydrogen (secondary N) is 1. The van der Waals surface area contributed by atoms with Gasteiger partial charge in [-0.3, -0.25) is 9.59 Å². The van der Waals surface area contributed by atoms with E-state index in [1.807, 2.05) is 18.2 Å². The van der Waals surface area contributed by atoms with E-state index < -0.39 is 5.92 Å². The van der Waals surface area contributed by atoms with Crippen molar-refractivity contribution in [3.8, 4) is 0 Å². The molecule has 0 spiro atoms. The zero-order chi connectivity index (χ0) is 12.4. The van der Waals surface area contributed by atoms with Gasteiger partial charge in [-0.1, -0.05) is 18.2 Å². The summed E-state index contributed by atoms with van der Waals surface area (Å²) in [6, 6.07) is 9.04. The number of benzene rings is 1. The standard InChI is InChI=1S/C12H13N3O2/c1-8-10(12(17)15(2)14-8)11(16)13-9-6-4-3-5-7-9/h3-7,10H,1-2H3,(H,13,16)/t10-/m0/s1. The SMILES string of the molecule is CC1=NN(C)C(=O)[C@@H]1C(=O)Nc1ccccc1. The Morgan fingerprint density at radius 3 is 2.53 bits per heavy atom. The molecule has 0 radical (unpaired) electrons. The van der Waals surface area contributed by atoms with Crippen LogP contribution >= 0.6 is 0 Å². The van der Waals surface area contributed by atoms with Crippen LogP contribution in [-0.2, 0) is 9.59 Å². The first kappa shape index (κ1) is 11.3. The van der Waals surface area contributed by atoms with Crippen LogP contribution in [0.2, 0.25) is 0 Å². The number of carbonyl (C=O) groups excluding carboxylic acids is 2. The predicted octanol–water partition coefficient (Wildman–Crippen LogP) is 1.09. The average molecular weight is 231 g/mol. The van der Waals surface area contributed by atoms with Gasteiger partial charge in [0.25, 0.3) is 5.91 Å². The maximum Gasteiger partial charge on any atom is 0.260 e. The van der Waals surface area contributed by atoms with Crippen LogP contribution in [-0.4, -0.2) is 29.6 Å². The molecule has 0 aromatic heterocycles. The van der Waals surface area contributed by atoms with Gasteiger partial charge in [-0.2, -0.15) is 5.10 Å². The molecule has 0 saturated heterocycles. The summed E-state index contributed by atoms with van der Waals surface area (Å²) < 4.78 is 0.